The summed E-state index contributed by atoms with van der Waals surface area (Å²) in [5, 5.41) is 2.76. The molecule has 1 amide bonds. The van der Waals surface area contributed by atoms with Gasteiger partial charge in [0.05, 0.1) is 25.4 Å². The van der Waals surface area contributed by atoms with Crippen LogP contribution in [0.4, 0.5) is 4.79 Å². The molecule has 2 heterocycles. The van der Waals surface area contributed by atoms with Crippen molar-refractivity contribution in [1.82, 2.24) is 5.32 Å². The van der Waals surface area contributed by atoms with Crippen molar-refractivity contribution in [2.75, 3.05) is 7.11 Å². The van der Waals surface area contributed by atoms with Gasteiger partial charge in [-0.15, -0.1) is 0 Å². The molecular formula is C16H19NO5. The number of benzene rings is 1. The standard InChI is InChI=1S/C16H19NO5/c1-20-15(18)13-11-7-8-12(22-11)14(13)17-16(19)21-9-10-5-3-2-4-6-10/h2-6,11-14H,7-9H2,1H3,(H,17,19)/t11-,12+,13-,14+/m0/s1. The first kappa shape index (κ1) is 14.8. The number of fused-ring (bicyclic) bond motifs is 2. The van der Waals surface area contributed by atoms with Crippen molar-refractivity contribution in [3.8, 4) is 0 Å². The molecule has 118 valence electrons. The zero-order chi connectivity index (χ0) is 15.5. The van der Waals surface area contributed by atoms with Crippen LogP contribution in [0.3, 0.4) is 0 Å². The van der Waals surface area contributed by atoms with Gasteiger partial charge in [0.15, 0.2) is 0 Å². The predicted octanol–water partition coefficient (Wildman–Crippen LogP) is 1.63. The number of rotatable bonds is 4. The highest BCUT2D eigenvalue weighted by atomic mass is 16.6. The summed E-state index contributed by atoms with van der Waals surface area (Å²) in [4.78, 5) is 23.8. The van der Waals surface area contributed by atoms with Crippen LogP contribution < -0.4 is 5.32 Å². The maximum atomic E-state index is 12.0. The van der Waals surface area contributed by atoms with Crippen molar-refractivity contribution in [3.63, 3.8) is 0 Å². The highest BCUT2D eigenvalue weighted by Crippen LogP contribution is 2.39. The van der Waals surface area contributed by atoms with E-state index in [9.17, 15) is 9.59 Å². The molecule has 3 rings (SSSR count). The maximum Gasteiger partial charge on any atom is 0.407 e. The zero-order valence-electron chi connectivity index (χ0n) is 12.4. The molecule has 0 aliphatic carbocycles. The van der Waals surface area contributed by atoms with E-state index < -0.39 is 12.0 Å². The van der Waals surface area contributed by atoms with E-state index in [0.29, 0.717) is 0 Å². The molecule has 6 heteroatoms. The summed E-state index contributed by atoms with van der Waals surface area (Å²) < 4.78 is 15.7. The lowest BCUT2D eigenvalue weighted by atomic mass is 9.84. The van der Waals surface area contributed by atoms with Crippen LogP contribution in [0.25, 0.3) is 0 Å². The third kappa shape index (κ3) is 2.92. The molecule has 0 unspecified atom stereocenters. The number of hydrogen-bond acceptors (Lipinski definition) is 5. The number of methoxy groups -OCH3 is 1. The van der Waals surface area contributed by atoms with Crippen LogP contribution >= 0.6 is 0 Å². The number of alkyl carbamates (subject to hydrolysis) is 1. The van der Waals surface area contributed by atoms with E-state index in [-0.39, 0.29) is 30.8 Å². The van der Waals surface area contributed by atoms with E-state index in [4.69, 9.17) is 14.2 Å². The van der Waals surface area contributed by atoms with Crippen LogP contribution in [0.5, 0.6) is 0 Å². The Labute approximate surface area is 128 Å². The van der Waals surface area contributed by atoms with Crippen molar-refractivity contribution in [3.05, 3.63) is 35.9 Å². The minimum atomic E-state index is -0.543. The topological polar surface area (TPSA) is 73.9 Å². The molecule has 0 spiro atoms. The van der Waals surface area contributed by atoms with Crippen LogP contribution in [0.15, 0.2) is 30.3 Å². The lowest BCUT2D eigenvalue weighted by Gasteiger charge is -2.26. The number of esters is 1. The van der Waals surface area contributed by atoms with Gasteiger partial charge in [0.1, 0.15) is 12.5 Å². The van der Waals surface area contributed by atoms with Crippen LogP contribution in [-0.2, 0) is 25.6 Å². The molecule has 1 N–H and O–H groups in total. The van der Waals surface area contributed by atoms with Crippen LogP contribution in [-0.4, -0.2) is 37.4 Å². The number of carbonyl (C=O) groups excluding carboxylic acids is 2. The van der Waals surface area contributed by atoms with E-state index in [1.165, 1.54) is 7.11 Å². The number of hydrogen-bond donors (Lipinski definition) is 1. The summed E-state index contributed by atoms with van der Waals surface area (Å²) in [6.07, 6.45) is 0.804. The molecule has 22 heavy (non-hydrogen) atoms. The lowest BCUT2D eigenvalue weighted by Crippen LogP contribution is -2.50. The predicted molar refractivity (Wildman–Crippen MR) is 77.0 cm³/mol. The first-order valence-corrected chi connectivity index (χ1v) is 7.39. The Balaban J connectivity index is 1.57. The molecule has 1 aromatic carbocycles. The molecule has 0 radical (unpaired) electrons. The van der Waals surface area contributed by atoms with Crippen molar-refractivity contribution < 1.29 is 23.8 Å². The summed E-state index contributed by atoms with van der Waals surface area (Å²) in [6, 6.07) is 9.05. The van der Waals surface area contributed by atoms with Gasteiger partial charge in [-0.05, 0) is 18.4 Å². The van der Waals surface area contributed by atoms with E-state index in [2.05, 4.69) is 5.32 Å². The number of carbonyl (C=O) groups is 2. The monoisotopic (exact) mass is 305 g/mol. The van der Waals surface area contributed by atoms with E-state index >= 15 is 0 Å². The molecule has 2 aliphatic rings. The first-order valence-electron chi connectivity index (χ1n) is 7.39. The largest absolute Gasteiger partial charge is 0.469 e. The SMILES string of the molecule is COC(=O)[C@@H]1[C@H](NC(=O)OCc2ccccc2)[C@H]2CC[C@@H]1O2. The fourth-order valence-corrected chi connectivity index (χ4v) is 3.20. The van der Waals surface area contributed by atoms with Crippen LogP contribution in [0, 0.1) is 5.92 Å². The highest BCUT2D eigenvalue weighted by molar-refractivity contribution is 5.76. The fraction of sp³-hybridized carbons (Fsp3) is 0.500. The van der Waals surface area contributed by atoms with Gasteiger partial charge in [0, 0.05) is 0 Å². The second-order valence-corrected chi connectivity index (χ2v) is 5.57. The third-order valence-electron chi connectivity index (χ3n) is 4.24. The molecule has 2 fully saturated rings. The average molecular weight is 305 g/mol. The van der Waals surface area contributed by atoms with Gasteiger partial charge in [-0.1, -0.05) is 30.3 Å². The molecule has 4 atom stereocenters. The summed E-state index contributed by atoms with van der Waals surface area (Å²) in [6.45, 7) is 0.192. The Kier molecular flexibility index (Phi) is 4.29. The van der Waals surface area contributed by atoms with Gasteiger partial charge in [-0.25, -0.2) is 4.79 Å². The van der Waals surface area contributed by atoms with E-state index in [1.807, 2.05) is 30.3 Å². The number of amides is 1. The number of nitrogens with one attached hydrogen (secondary N) is 1. The summed E-state index contributed by atoms with van der Waals surface area (Å²) >= 11 is 0. The Morgan fingerprint density at radius 3 is 2.68 bits per heavy atom. The molecular weight excluding hydrogens is 286 g/mol. The molecule has 2 aliphatic heterocycles. The smallest absolute Gasteiger partial charge is 0.407 e. The minimum Gasteiger partial charge on any atom is -0.469 e. The van der Waals surface area contributed by atoms with Gasteiger partial charge in [-0.3, -0.25) is 4.79 Å². The Hall–Kier alpha value is -2.08. The minimum absolute atomic E-state index is 0.140. The van der Waals surface area contributed by atoms with Gasteiger partial charge >= 0.3 is 12.1 Å². The molecule has 1 aromatic rings. The first-order chi connectivity index (χ1) is 10.7. The van der Waals surface area contributed by atoms with Crippen LogP contribution in [0.1, 0.15) is 18.4 Å². The molecule has 2 saturated heterocycles. The summed E-state index contributed by atoms with van der Waals surface area (Å²) in [5.41, 5.74) is 0.909. The molecule has 6 nitrogen and oxygen atoms in total. The van der Waals surface area contributed by atoms with Gasteiger partial charge in [-0.2, -0.15) is 0 Å². The quantitative estimate of drug-likeness (QED) is 0.856. The Morgan fingerprint density at radius 2 is 1.95 bits per heavy atom. The Morgan fingerprint density at radius 1 is 1.23 bits per heavy atom. The Bertz CT molecular complexity index is 547. The number of ether oxygens (including phenoxy) is 3. The van der Waals surface area contributed by atoms with Crippen molar-refractivity contribution in [2.45, 2.75) is 37.7 Å². The van der Waals surface area contributed by atoms with E-state index in [0.717, 1.165) is 18.4 Å². The van der Waals surface area contributed by atoms with E-state index in [1.54, 1.807) is 0 Å². The maximum absolute atomic E-state index is 12.0. The van der Waals surface area contributed by atoms with Crippen molar-refractivity contribution in [2.24, 2.45) is 5.92 Å². The van der Waals surface area contributed by atoms with Gasteiger partial charge in [0.25, 0.3) is 0 Å². The highest BCUT2D eigenvalue weighted by Gasteiger charge is 2.53. The van der Waals surface area contributed by atoms with Gasteiger partial charge in [0.2, 0.25) is 0 Å². The lowest BCUT2D eigenvalue weighted by molar-refractivity contribution is -0.147. The fourth-order valence-electron chi connectivity index (χ4n) is 3.20. The normalized spacial score (nSPS) is 29.1. The summed E-state index contributed by atoms with van der Waals surface area (Å²) in [7, 11) is 1.35. The van der Waals surface area contributed by atoms with Gasteiger partial charge < -0.3 is 19.5 Å². The summed E-state index contributed by atoms with van der Waals surface area (Å²) in [5.74, 6) is -0.798. The molecule has 0 aromatic heterocycles. The second-order valence-electron chi connectivity index (χ2n) is 5.57. The third-order valence-corrected chi connectivity index (χ3v) is 4.24. The molecule has 2 bridgehead atoms. The van der Waals surface area contributed by atoms with Crippen molar-refractivity contribution in [1.29, 1.82) is 0 Å². The second kappa shape index (κ2) is 6.36. The van der Waals surface area contributed by atoms with Crippen LogP contribution in [0.2, 0.25) is 0 Å². The molecule has 0 saturated carbocycles. The average Bonchev–Trinajstić information content (AvgIpc) is 3.14. The zero-order valence-corrected chi connectivity index (χ0v) is 12.4. The van der Waals surface area contributed by atoms with Crippen molar-refractivity contribution >= 4 is 12.1 Å².